The molecule has 0 aliphatic heterocycles. The molecule has 3 N–H and O–H groups in total. The van der Waals surface area contributed by atoms with Crippen LogP contribution in [0.1, 0.15) is 5.56 Å². The van der Waals surface area contributed by atoms with Crippen molar-refractivity contribution >= 4 is 39.1 Å². The fraction of sp³-hybridized carbons (Fsp3) is 0.0769. The third-order valence-corrected chi connectivity index (χ3v) is 4.23. The van der Waals surface area contributed by atoms with Gasteiger partial charge in [-0.15, -0.1) is 11.3 Å². The monoisotopic (exact) mass is 291 g/mol. The standard InChI is InChI=1S/C13H10ClN3OS/c1-6-4-7(2-3-9(6)14)8-5-19-12-10(8)11(18)16-13(15)17-12/h2-5H,1H3,(H3,15,16,17,18). The molecule has 0 bridgehead atoms. The summed E-state index contributed by atoms with van der Waals surface area (Å²) < 4.78 is 0. The number of hydrogen-bond acceptors (Lipinski definition) is 4. The van der Waals surface area contributed by atoms with Crippen molar-refractivity contribution in [3.63, 3.8) is 0 Å². The quantitative estimate of drug-likeness (QED) is 0.723. The van der Waals surface area contributed by atoms with E-state index >= 15 is 0 Å². The Bertz CT molecular complexity index is 838. The second-order valence-corrected chi connectivity index (χ2v) is 5.51. The minimum atomic E-state index is -0.216. The van der Waals surface area contributed by atoms with Gasteiger partial charge in [0.25, 0.3) is 5.56 Å². The van der Waals surface area contributed by atoms with Gasteiger partial charge in [0.2, 0.25) is 5.95 Å². The lowest BCUT2D eigenvalue weighted by atomic mass is 10.0. The summed E-state index contributed by atoms with van der Waals surface area (Å²) in [6.07, 6.45) is 0. The number of halogens is 1. The van der Waals surface area contributed by atoms with Crippen LogP contribution < -0.4 is 11.3 Å². The third-order valence-electron chi connectivity index (χ3n) is 2.93. The molecule has 3 rings (SSSR count). The van der Waals surface area contributed by atoms with E-state index < -0.39 is 0 Å². The molecular weight excluding hydrogens is 282 g/mol. The summed E-state index contributed by atoms with van der Waals surface area (Å²) in [5.74, 6) is 0.137. The number of nitrogen functional groups attached to an aromatic ring is 1. The Hall–Kier alpha value is -1.85. The molecule has 2 heterocycles. The molecule has 96 valence electrons. The van der Waals surface area contributed by atoms with E-state index in [1.165, 1.54) is 11.3 Å². The SMILES string of the molecule is Cc1cc(-c2csc3nc(N)[nH]c(=O)c23)ccc1Cl. The maximum atomic E-state index is 12.0. The van der Waals surface area contributed by atoms with Crippen molar-refractivity contribution in [1.29, 1.82) is 0 Å². The van der Waals surface area contributed by atoms with Gasteiger partial charge in [0.05, 0.1) is 5.39 Å². The number of aromatic nitrogens is 2. The van der Waals surface area contributed by atoms with Crippen molar-refractivity contribution in [3.8, 4) is 11.1 Å². The van der Waals surface area contributed by atoms with Gasteiger partial charge in [-0.05, 0) is 30.2 Å². The average Bonchev–Trinajstić information content (AvgIpc) is 2.76. The van der Waals surface area contributed by atoms with E-state index in [4.69, 9.17) is 17.3 Å². The summed E-state index contributed by atoms with van der Waals surface area (Å²) in [6, 6.07) is 5.68. The first-order valence-electron chi connectivity index (χ1n) is 5.60. The van der Waals surface area contributed by atoms with Crippen LogP contribution in [-0.2, 0) is 0 Å². The molecule has 4 nitrogen and oxygen atoms in total. The van der Waals surface area contributed by atoms with Gasteiger partial charge in [0.1, 0.15) is 4.83 Å². The van der Waals surface area contributed by atoms with E-state index in [1.807, 2.05) is 30.5 Å². The largest absolute Gasteiger partial charge is 0.369 e. The summed E-state index contributed by atoms with van der Waals surface area (Å²) in [6.45, 7) is 1.93. The molecule has 2 aromatic heterocycles. The van der Waals surface area contributed by atoms with E-state index in [0.717, 1.165) is 16.7 Å². The Morgan fingerprint density at radius 1 is 1.42 bits per heavy atom. The Kier molecular flexibility index (Phi) is 2.80. The van der Waals surface area contributed by atoms with Gasteiger partial charge in [-0.1, -0.05) is 17.7 Å². The number of H-pyrrole nitrogens is 1. The molecule has 0 fully saturated rings. The highest BCUT2D eigenvalue weighted by atomic mass is 35.5. The van der Waals surface area contributed by atoms with Crippen LogP contribution in [0.2, 0.25) is 5.02 Å². The minimum Gasteiger partial charge on any atom is -0.369 e. The molecule has 0 atom stereocenters. The lowest BCUT2D eigenvalue weighted by Crippen LogP contribution is -2.10. The number of hydrogen-bond donors (Lipinski definition) is 2. The molecule has 0 spiro atoms. The smallest absolute Gasteiger partial charge is 0.261 e. The number of nitrogens with one attached hydrogen (secondary N) is 1. The van der Waals surface area contributed by atoms with Gasteiger partial charge < -0.3 is 5.73 Å². The van der Waals surface area contributed by atoms with Crippen molar-refractivity contribution in [2.45, 2.75) is 6.92 Å². The number of rotatable bonds is 1. The minimum absolute atomic E-state index is 0.137. The first-order chi connectivity index (χ1) is 9.06. The molecule has 0 saturated heterocycles. The predicted octanol–water partition coefficient (Wildman–Crippen LogP) is 3.20. The molecular formula is C13H10ClN3OS. The lowest BCUT2D eigenvalue weighted by Gasteiger charge is -2.03. The van der Waals surface area contributed by atoms with Gasteiger partial charge in [-0.3, -0.25) is 9.78 Å². The van der Waals surface area contributed by atoms with Crippen LogP contribution in [0.3, 0.4) is 0 Å². The summed E-state index contributed by atoms with van der Waals surface area (Å²) in [5.41, 5.74) is 8.10. The number of nitrogens with zero attached hydrogens (tertiary/aromatic N) is 1. The Morgan fingerprint density at radius 2 is 2.21 bits per heavy atom. The highest BCUT2D eigenvalue weighted by molar-refractivity contribution is 7.17. The highest BCUT2D eigenvalue weighted by Gasteiger charge is 2.12. The van der Waals surface area contributed by atoms with Gasteiger partial charge in [0.15, 0.2) is 0 Å². The number of nitrogens with two attached hydrogens (primary N) is 1. The zero-order valence-electron chi connectivity index (χ0n) is 10.0. The molecule has 0 aliphatic rings. The van der Waals surface area contributed by atoms with Crippen LogP contribution in [0.4, 0.5) is 5.95 Å². The first-order valence-corrected chi connectivity index (χ1v) is 6.85. The first kappa shape index (κ1) is 12.2. The number of fused-ring (bicyclic) bond motifs is 1. The summed E-state index contributed by atoms with van der Waals surface area (Å²) in [7, 11) is 0. The van der Waals surface area contributed by atoms with Crippen LogP contribution >= 0.6 is 22.9 Å². The summed E-state index contributed by atoms with van der Waals surface area (Å²) >= 11 is 7.42. The normalized spacial score (nSPS) is 11.1. The van der Waals surface area contributed by atoms with Crippen LogP contribution in [0.25, 0.3) is 21.3 Å². The van der Waals surface area contributed by atoms with Gasteiger partial charge in [-0.25, -0.2) is 4.98 Å². The van der Waals surface area contributed by atoms with Crippen molar-refractivity contribution in [3.05, 3.63) is 44.5 Å². The van der Waals surface area contributed by atoms with Crippen LogP contribution in [-0.4, -0.2) is 9.97 Å². The number of aryl methyl sites for hydroxylation is 1. The average molecular weight is 292 g/mol. The Morgan fingerprint density at radius 3 is 2.95 bits per heavy atom. The third kappa shape index (κ3) is 2.01. The van der Waals surface area contributed by atoms with E-state index in [-0.39, 0.29) is 11.5 Å². The number of thiophene rings is 1. The molecule has 0 aliphatic carbocycles. The number of aromatic amines is 1. The highest BCUT2D eigenvalue weighted by Crippen LogP contribution is 2.32. The van der Waals surface area contributed by atoms with Crippen LogP contribution in [0.5, 0.6) is 0 Å². The zero-order valence-corrected chi connectivity index (χ0v) is 11.6. The summed E-state index contributed by atoms with van der Waals surface area (Å²) in [5, 5.41) is 3.19. The van der Waals surface area contributed by atoms with Gasteiger partial charge in [-0.2, -0.15) is 0 Å². The number of anilines is 1. The molecule has 19 heavy (non-hydrogen) atoms. The van der Waals surface area contributed by atoms with E-state index in [2.05, 4.69) is 9.97 Å². The molecule has 0 saturated carbocycles. The van der Waals surface area contributed by atoms with E-state index in [1.54, 1.807) is 0 Å². The van der Waals surface area contributed by atoms with Crippen LogP contribution in [0, 0.1) is 6.92 Å². The van der Waals surface area contributed by atoms with Gasteiger partial charge >= 0.3 is 0 Å². The molecule has 6 heteroatoms. The maximum Gasteiger partial charge on any atom is 0.261 e. The summed E-state index contributed by atoms with van der Waals surface area (Å²) in [4.78, 5) is 19.3. The number of benzene rings is 1. The molecule has 0 unspecified atom stereocenters. The molecule has 3 aromatic rings. The zero-order chi connectivity index (χ0) is 13.6. The molecule has 1 aromatic carbocycles. The predicted molar refractivity (Wildman–Crippen MR) is 79.8 cm³/mol. The lowest BCUT2D eigenvalue weighted by molar-refractivity contribution is 1.20. The van der Waals surface area contributed by atoms with Crippen LogP contribution in [0.15, 0.2) is 28.4 Å². The van der Waals surface area contributed by atoms with Crippen molar-refractivity contribution in [1.82, 2.24) is 9.97 Å². The van der Waals surface area contributed by atoms with Crippen molar-refractivity contribution in [2.24, 2.45) is 0 Å². The fourth-order valence-electron chi connectivity index (χ4n) is 1.99. The Labute approximate surface area is 117 Å². The van der Waals surface area contributed by atoms with E-state index in [9.17, 15) is 4.79 Å². The molecule has 0 amide bonds. The van der Waals surface area contributed by atoms with Gasteiger partial charge in [0, 0.05) is 16.0 Å². The van der Waals surface area contributed by atoms with E-state index in [0.29, 0.717) is 15.2 Å². The van der Waals surface area contributed by atoms with Crippen molar-refractivity contribution < 1.29 is 0 Å². The fourth-order valence-corrected chi connectivity index (χ4v) is 3.06. The topological polar surface area (TPSA) is 71.8 Å². The van der Waals surface area contributed by atoms with Crippen molar-refractivity contribution in [2.75, 3.05) is 5.73 Å². The second-order valence-electron chi connectivity index (χ2n) is 4.24. The maximum absolute atomic E-state index is 12.0. The molecule has 0 radical (unpaired) electrons. The second kappa shape index (κ2) is 4.36. The Balaban J connectivity index is 2.31.